The predicted molar refractivity (Wildman–Crippen MR) is 81.6 cm³/mol. The topological polar surface area (TPSA) is 28.7 Å². The van der Waals surface area contributed by atoms with Gasteiger partial charge in [0, 0.05) is 27.5 Å². The summed E-state index contributed by atoms with van der Waals surface area (Å²) < 4.78 is 19.3. The molecule has 0 spiro atoms. The Kier molecular flexibility index (Phi) is 2.41. The van der Waals surface area contributed by atoms with Crippen LogP contribution in [0.1, 0.15) is 5.69 Å². The van der Waals surface area contributed by atoms with E-state index in [-0.39, 0.29) is 5.82 Å². The number of hydrogen-bond acceptors (Lipinski definition) is 2. The molecule has 2 aromatic heterocycles. The summed E-state index contributed by atoms with van der Waals surface area (Å²) in [6.45, 7) is 2.00. The molecular weight excluding hydrogens is 271 g/mol. The summed E-state index contributed by atoms with van der Waals surface area (Å²) in [5.74, 6) is -0.225. The molecule has 4 heteroatoms. The molecule has 2 nitrogen and oxygen atoms in total. The highest BCUT2D eigenvalue weighted by Crippen LogP contribution is 2.37. The maximum atomic E-state index is 13.5. The molecule has 1 N–H and O–H groups in total. The van der Waals surface area contributed by atoms with Crippen molar-refractivity contribution in [3.63, 3.8) is 0 Å². The van der Waals surface area contributed by atoms with Gasteiger partial charge in [-0.1, -0.05) is 18.2 Å². The highest BCUT2D eigenvalue weighted by molar-refractivity contribution is 7.13. The predicted octanol–water partition coefficient (Wildman–Crippen LogP) is 4.89. The summed E-state index contributed by atoms with van der Waals surface area (Å²) >= 11 is 1.48. The molecule has 2 heterocycles. The summed E-state index contributed by atoms with van der Waals surface area (Å²) in [6, 6.07) is 12.9. The quantitative estimate of drug-likeness (QED) is 0.529. The number of aryl methyl sites for hydroxylation is 1. The lowest BCUT2D eigenvalue weighted by atomic mass is 10.0. The molecule has 98 valence electrons. The Morgan fingerprint density at radius 1 is 1.10 bits per heavy atom. The van der Waals surface area contributed by atoms with Crippen LogP contribution in [0.3, 0.4) is 0 Å². The fourth-order valence-corrected chi connectivity index (χ4v) is 3.45. The van der Waals surface area contributed by atoms with E-state index in [1.54, 1.807) is 12.1 Å². The van der Waals surface area contributed by atoms with Crippen LogP contribution in [0, 0.1) is 12.7 Å². The van der Waals surface area contributed by atoms with E-state index in [1.165, 1.54) is 17.6 Å². The maximum absolute atomic E-state index is 13.5. The summed E-state index contributed by atoms with van der Waals surface area (Å²) in [4.78, 5) is 3.31. The minimum atomic E-state index is -0.225. The van der Waals surface area contributed by atoms with Gasteiger partial charge in [0.2, 0.25) is 0 Å². The number of rotatable bonds is 1. The van der Waals surface area contributed by atoms with E-state index in [0.717, 1.165) is 37.9 Å². The average molecular weight is 282 g/mol. The Morgan fingerprint density at radius 3 is 2.85 bits per heavy atom. The third-order valence-corrected chi connectivity index (χ3v) is 4.39. The Bertz CT molecular complexity index is 936. The molecule has 0 saturated carbocycles. The largest absolute Gasteiger partial charge is 0.358 e. The molecule has 4 rings (SSSR count). The SMILES string of the molecule is Cc1[nH]c2ccc(F)cc2c1-c1nsc2ccccc12. The normalized spacial score (nSPS) is 11.5. The van der Waals surface area contributed by atoms with Gasteiger partial charge in [-0.05, 0) is 42.7 Å². The van der Waals surface area contributed by atoms with Gasteiger partial charge in [-0.15, -0.1) is 0 Å². The molecule has 20 heavy (non-hydrogen) atoms. The molecule has 0 aliphatic carbocycles. The van der Waals surface area contributed by atoms with Crippen molar-refractivity contribution in [1.29, 1.82) is 0 Å². The zero-order valence-electron chi connectivity index (χ0n) is 10.8. The number of aromatic amines is 1. The molecule has 0 aliphatic rings. The minimum absolute atomic E-state index is 0.225. The molecule has 0 amide bonds. The standard InChI is InChI=1S/C16H11FN2S/c1-9-15(12-8-10(17)6-7-13(12)18-9)16-11-4-2-3-5-14(11)20-19-16/h2-8,18H,1H3. The van der Waals surface area contributed by atoms with Gasteiger partial charge in [0.15, 0.2) is 0 Å². The van der Waals surface area contributed by atoms with Gasteiger partial charge in [-0.2, -0.15) is 4.37 Å². The van der Waals surface area contributed by atoms with Crippen LogP contribution >= 0.6 is 11.5 Å². The van der Waals surface area contributed by atoms with Crippen molar-refractivity contribution in [3.05, 3.63) is 54.0 Å². The van der Waals surface area contributed by atoms with E-state index in [9.17, 15) is 4.39 Å². The van der Waals surface area contributed by atoms with Crippen LogP contribution in [0.15, 0.2) is 42.5 Å². The third-order valence-electron chi connectivity index (χ3n) is 3.56. The Labute approximate surface area is 119 Å². The lowest BCUT2D eigenvalue weighted by Crippen LogP contribution is -1.80. The van der Waals surface area contributed by atoms with Crippen molar-refractivity contribution in [1.82, 2.24) is 9.36 Å². The molecule has 2 aromatic carbocycles. The van der Waals surface area contributed by atoms with Crippen LogP contribution < -0.4 is 0 Å². The second-order valence-corrected chi connectivity index (χ2v) is 5.65. The number of nitrogens with zero attached hydrogens (tertiary/aromatic N) is 1. The minimum Gasteiger partial charge on any atom is -0.358 e. The zero-order valence-corrected chi connectivity index (χ0v) is 11.6. The van der Waals surface area contributed by atoms with E-state index < -0.39 is 0 Å². The van der Waals surface area contributed by atoms with Gasteiger partial charge in [0.05, 0.1) is 10.4 Å². The number of H-pyrrole nitrogens is 1. The molecule has 0 radical (unpaired) electrons. The molecule has 0 bridgehead atoms. The first-order valence-electron chi connectivity index (χ1n) is 6.36. The van der Waals surface area contributed by atoms with Crippen LogP contribution in [0.25, 0.3) is 32.2 Å². The lowest BCUT2D eigenvalue weighted by Gasteiger charge is -1.99. The van der Waals surface area contributed by atoms with Gasteiger partial charge >= 0.3 is 0 Å². The van der Waals surface area contributed by atoms with E-state index >= 15 is 0 Å². The van der Waals surface area contributed by atoms with Gasteiger partial charge < -0.3 is 4.98 Å². The number of fused-ring (bicyclic) bond motifs is 2. The van der Waals surface area contributed by atoms with Crippen LogP contribution in [0.2, 0.25) is 0 Å². The smallest absolute Gasteiger partial charge is 0.123 e. The Morgan fingerprint density at radius 2 is 1.95 bits per heavy atom. The highest BCUT2D eigenvalue weighted by atomic mass is 32.1. The fourth-order valence-electron chi connectivity index (χ4n) is 2.67. The molecule has 0 aliphatic heterocycles. The second-order valence-electron chi connectivity index (χ2n) is 4.84. The Hall–Kier alpha value is -2.20. The van der Waals surface area contributed by atoms with Crippen molar-refractivity contribution in [2.45, 2.75) is 6.92 Å². The maximum Gasteiger partial charge on any atom is 0.123 e. The molecule has 4 aromatic rings. The van der Waals surface area contributed by atoms with Crippen LogP contribution in [-0.4, -0.2) is 9.36 Å². The number of benzene rings is 2. The molecular formula is C16H11FN2S. The number of nitrogens with one attached hydrogen (secondary N) is 1. The van der Waals surface area contributed by atoms with E-state index in [1.807, 2.05) is 19.1 Å². The summed E-state index contributed by atoms with van der Waals surface area (Å²) in [5.41, 5.74) is 3.88. The summed E-state index contributed by atoms with van der Waals surface area (Å²) in [5, 5.41) is 2.00. The molecule has 0 saturated heterocycles. The molecule has 0 atom stereocenters. The van der Waals surface area contributed by atoms with Crippen molar-refractivity contribution in [3.8, 4) is 11.3 Å². The molecule has 0 unspecified atom stereocenters. The molecule has 0 fully saturated rings. The first kappa shape index (κ1) is 11.6. The number of aromatic nitrogens is 2. The number of halogens is 1. The van der Waals surface area contributed by atoms with Crippen molar-refractivity contribution in [2.24, 2.45) is 0 Å². The van der Waals surface area contributed by atoms with Crippen LogP contribution in [-0.2, 0) is 0 Å². The highest BCUT2D eigenvalue weighted by Gasteiger charge is 2.16. The van der Waals surface area contributed by atoms with Gasteiger partial charge in [0.1, 0.15) is 5.82 Å². The second kappa shape index (κ2) is 4.15. The van der Waals surface area contributed by atoms with Crippen LogP contribution in [0.4, 0.5) is 4.39 Å². The monoisotopic (exact) mass is 282 g/mol. The summed E-state index contributed by atoms with van der Waals surface area (Å²) in [6.07, 6.45) is 0. The van der Waals surface area contributed by atoms with Gasteiger partial charge in [0.25, 0.3) is 0 Å². The van der Waals surface area contributed by atoms with Crippen molar-refractivity contribution < 1.29 is 4.39 Å². The van der Waals surface area contributed by atoms with E-state index in [2.05, 4.69) is 21.5 Å². The fraction of sp³-hybridized carbons (Fsp3) is 0.0625. The average Bonchev–Trinajstić information content (AvgIpc) is 2.99. The first-order chi connectivity index (χ1) is 9.74. The van der Waals surface area contributed by atoms with E-state index in [0.29, 0.717) is 0 Å². The third kappa shape index (κ3) is 1.58. The van der Waals surface area contributed by atoms with Crippen molar-refractivity contribution >= 4 is 32.5 Å². The van der Waals surface area contributed by atoms with Gasteiger partial charge in [-0.3, -0.25) is 0 Å². The lowest BCUT2D eigenvalue weighted by molar-refractivity contribution is 0.630. The van der Waals surface area contributed by atoms with Gasteiger partial charge in [-0.25, -0.2) is 4.39 Å². The summed E-state index contributed by atoms with van der Waals surface area (Å²) in [7, 11) is 0. The Balaban J connectivity index is 2.11. The van der Waals surface area contributed by atoms with E-state index in [4.69, 9.17) is 0 Å². The first-order valence-corrected chi connectivity index (χ1v) is 7.14. The van der Waals surface area contributed by atoms with Crippen molar-refractivity contribution in [2.75, 3.05) is 0 Å². The zero-order chi connectivity index (χ0) is 13.7. The number of hydrogen-bond donors (Lipinski definition) is 1. The van der Waals surface area contributed by atoms with Crippen LogP contribution in [0.5, 0.6) is 0 Å².